The minimum absolute atomic E-state index is 0.0711. The van der Waals surface area contributed by atoms with Gasteiger partial charge < -0.3 is 5.32 Å². The van der Waals surface area contributed by atoms with Gasteiger partial charge in [-0.15, -0.1) is 11.3 Å². The first kappa shape index (κ1) is 16.9. The first-order chi connectivity index (χ1) is 10.4. The fraction of sp³-hybridized carbons (Fsp3) is 0.400. The Balaban J connectivity index is 1.95. The van der Waals surface area contributed by atoms with Gasteiger partial charge in [-0.05, 0) is 39.4 Å². The second-order valence-electron chi connectivity index (χ2n) is 5.23. The van der Waals surface area contributed by atoms with E-state index in [0.29, 0.717) is 16.8 Å². The van der Waals surface area contributed by atoms with E-state index in [4.69, 9.17) is 11.6 Å². The highest BCUT2D eigenvalue weighted by atomic mass is 35.5. The SMILES string of the molecule is Cc1nc(NC(=O)C(C)N(C)Cc2ccc(Cl)nc2)sc1C. The van der Waals surface area contributed by atoms with Crippen LogP contribution in [0.25, 0.3) is 0 Å². The molecule has 118 valence electrons. The number of likely N-dealkylation sites (N-methyl/N-ethyl adjacent to an activating group) is 1. The number of thiazole rings is 1. The Morgan fingerprint density at radius 1 is 1.45 bits per heavy atom. The molecule has 1 unspecified atom stereocenters. The molecule has 0 aromatic carbocycles. The molecular weight excluding hydrogens is 320 g/mol. The van der Waals surface area contributed by atoms with Crippen LogP contribution in [0.3, 0.4) is 0 Å². The first-order valence-electron chi connectivity index (χ1n) is 6.92. The van der Waals surface area contributed by atoms with Crippen molar-refractivity contribution in [3.8, 4) is 0 Å². The summed E-state index contributed by atoms with van der Waals surface area (Å²) in [5.41, 5.74) is 1.96. The number of rotatable bonds is 5. The van der Waals surface area contributed by atoms with Crippen molar-refractivity contribution in [1.82, 2.24) is 14.9 Å². The number of pyridine rings is 1. The van der Waals surface area contributed by atoms with Gasteiger partial charge in [-0.2, -0.15) is 0 Å². The zero-order valence-electron chi connectivity index (χ0n) is 13.1. The lowest BCUT2D eigenvalue weighted by Gasteiger charge is -2.23. The Labute approximate surface area is 139 Å². The summed E-state index contributed by atoms with van der Waals surface area (Å²) in [6.07, 6.45) is 1.72. The van der Waals surface area contributed by atoms with Crippen LogP contribution in [0.5, 0.6) is 0 Å². The van der Waals surface area contributed by atoms with E-state index >= 15 is 0 Å². The van der Waals surface area contributed by atoms with E-state index in [1.54, 1.807) is 12.3 Å². The lowest BCUT2D eigenvalue weighted by Crippen LogP contribution is -2.39. The van der Waals surface area contributed by atoms with E-state index in [0.717, 1.165) is 16.1 Å². The van der Waals surface area contributed by atoms with Crippen LogP contribution < -0.4 is 5.32 Å². The van der Waals surface area contributed by atoms with Crippen molar-refractivity contribution in [3.63, 3.8) is 0 Å². The quantitative estimate of drug-likeness (QED) is 0.850. The topological polar surface area (TPSA) is 58.1 Å². The molecule has 0 saturated heterocycles. The molecule has 0 aliphatic heterocycles. The standard InChI is InChI=1S/C15H19ClN4OS/c1-9-11(3)22-15(18-9)19-14(21)10(2)20(4)8-12-5-6-13(16)17-7-12/h5-7,10H,8H2,1-4H3,(H,18,19,21). The first-order valence-corrected chi connectivity index (χ1v) is 8.12. The second kappa shape index (κ2) is 7.17. The molecule has 1 atom stereocenters. The lowest BCUT2D eigenvalue weighted by molar-refractivity contribution is -0.120. The predicted molar refractivity (Wildman–Crippen MR) is 90.4 cm³/mol. The van der Waals surface area contributed by atoms with Crippen molar-refractivity contribution >= 4 is 34.0 Å². The fourth-order valence-corrected chi connectivity index (χ4v) is 2.79. The number of carbonyl (C=O) groups excluding carboxylic acids is 1. The average Bonchev–Trinajstić information content (AvgIpc) is 2.78. The molecule has 1 amide bonds. The molecule has 2 heterocycles. The molecule has 2 aromatic heterocycles. The molecule has 0 aliphatic rings. The van der Waals surface area contributed by atoms with Gasteiger partial charge in [0.1, 0.15) is 5.15 Å². The summed E-state index contributed by atoms with van der Waals surface area (Å²) in [6, 6.07) is 3.38. The van der Waals surface area contributed by atoms with Gasteiger partial charge in [0, 0.05) is 17.6 Å². The minimum atomic E-state index is -0.278. The number of hydrogen-bond donors (Lipinski definition) is 1. The van der Waals surface area contributed by atoms with Crippen LogP contribution in [0, 0.1) is 13.8 Å². The Bertz CT molecular complexity index is 637. The van der Waals surface area contributed by atoms with E-state index in [9.17, 15) is 4.79 Å². The molecule has 2 rings (SSSR count). The van der Waals surface area contributed by atoms with Gasteiger partial charge in [0.25, 0.3) is 0 Å². The number of carbonyl (C=O) groups is 1. The summed E-state index contributed by atoms with van der Waals surface area (Å²) in [7, 11) is 1.90. The monoisotopic (exact) mass is 338 g/mol. The summed E-state index contributed by atoms with van der Waals surface area (Å²) in [6.45, 7) is 6.41. The number of nitrogens with one attached hydrogen (secondary N) is 1. The molecule has 0 bridgehead atoms. The van der Waals surface area contributed by atoms with Crippen LogP contribution in [0.4, 0.5) is 5.13 Å². The summed E-state index contributed by atoms with van der Waals surface area (Å²) in [4.78, 5) is 23.7. The largest absolute Gasteiger partial charge is 0.301 e. The molecule has 7 heteroatoms. The number of amides is 1. The van der Waals surface area contributed by atoms with Crippen molar-refractivity contribution in [1.29, 1.82) is 0 Å². The molecule has 0 fully saturated rings. The van der Waals surface area contributed by atoms with Gasteiger partial charge in [0.2, 0.25) is 5.91 Å². The van der Waals surface area contributed by atoms with Crippen LogP contribution in [0.2, 0.25) is 5.15 Å². The molecule has 5 nitrogen and oxygen atoms in total. The van der Waals surface area contributed by atoms with Crippen molar-refractivity contribution in [2.45, 2.75) is 33.4 Å². The maximum absolute atomic E-state index is 12.3. The summed E-state index contributed by atoms with van der Waals surface area (Å²) in [5, 5.41) is 3.98. The van der Waals surface area contributed by atoms with E-state index < -0.39 is 0 Å². The Kier molecular flexibility index (Phi) is 5.50. The minimum Gasteiger partial charge on any atom is -0.301 e. The lowest BCUT2D eigenvalue weighted by atomic mass is 10.2. The van der Waals surface area contributed by atoms with Crippen LogP contribution in [-0.4, -0.2) is 33.9 Å². The Hall–Kier alpha value is -1.50. The van der Waals surface area contributed by atoms with Crippen molar-refractivity contribution in [2.75, 3.05) is 12.4 Å². The molecule has 2 aromatic rings. The number of aryl methyl sites for hydroxylation is 2. The number of anilines is 1. The van der Waals surface area contributed by atoms with Gasteiger partial charge >= 0.3 is 0 Å². The molecule has 0 saturated carbocycles. The number of halogens is 1. The third kappa shape index (κ3) is 4.25. The van der Waals surface area contributed by atoms with E-state index in [-0.39, 0.29) is 11.9 Å². The van der Waals surface area contributed by atoms with Crippen molar-refractivity contribution in [2.24, 2.45) is 0 Å². The normalized spacial score (nSPS) is 12.5. The van der Waals surface area contributed by atoms with Crippen LogP contribution in [0.15, 0.2) is 18.3 Å². The van der Waals surface area contributed by atoms with Gasteiger partial charge in [0.15, 0.2) is 5.13 Å². The summed E-state index contributed by atoms with van der Waals surface area (Å²) in [5.74, 6) is -0.0711. The van der Waals surface area contributed by atoms with E-state index in [1.165, 1.54) is 11.3 Å². The highest BCUT2D eigenvalue weighted by molar-refractivity contribution is 7.15. The molecule has 22 heavy (non-hydrogen) atoms. The smallest absolute Gasteiger partial charge is 0.243 e. The molecule has 0 aliphatic carbocycles. The van der Waals surface area contributed by atoms with Crippen molar-refractivity contribution < 1.29 is 4.79 Å². The molecule has 0 radical (unpaired) electrons. The maximum Gasteiger partial charge on any atom is 0.243 e. The third-order valence-corrected chi connectivity index (χ3v) is 4.73. The van der Waals surface area contributed by atoms with Crippen LogP contribution >= 0.6 is 22.9 Å². The van der Waals surface area contributed by atoms with Gasteiger partial charge in [-0.25, -0.2) is 9.97 Å². The number of nitrogens with zero attached hydrogens (tertiary/aromatic N) is 3. The zero-order valence-corrected chi connectivity index (χ0v) is 14.6. The molecule has 1 N–H and O–H groups in total. The number of aromatic nitrogens is 2. The predicted octanol–water partition coefficient (Wildman–Crippen LogP) is 3.27. The highest BCUT2D eigenvalue weighted by Gasteiger charge is 2.19. The zero-order chi connectivity index (χ0) is 16.3. The van der Waals surface area contributed by atoms with Gasteiger partial charge in [-0.1, -0.05) is 17.7 Å². The van der Waals surface area contributed by atoms with Crippen LogP contribution in [-0.2, 0) is 11.3 Å². The highest BCUT2D eigenvalue weighted by Crippen LogP contribution is 2.21. The van der Waals surface area contributed by atoms with E-state index in [2.05, 4.69) is 15.3 Å². The summed E-state index contributed by atoms with van der Waals surface area (Å²) >= 11 is 7.26. The average molecular weight is 339 g/mol. The van der Waals surface area contributed by atoms with E-state index in [1.807, 2.05) is 38.8 Å². The van der Waals surface area contributed by atoms with Gasteiger partial charge in [-0.3, -0.25) is 9.69 Å². The molecule has 0 spiro atoms. The van der Waals surface area contributed by atoms with Crippen molar-refractivity contribution in [3.05, 3.63) is 39.6 Å². The third-order valence-electron chi connectivity index (χ3n) is 3.52. The summed E-state index contributed by atoms with van der Waals surface area (Å²) < 4.78 is 0. The fourth-order valence-electron chi connectivity index (χ4n) is 1.86. The van der Waals surface area contributed by atoms with Crippen LogP contribution in [0.1, 0.15) is 23.1 Å². The Morgan fingerprint density at radius 2 is 2.18 bits per heavy atom. The van der Waals surface area contributed by atoms with Gasteiger partial charge in [0.05, 0.1) is 11.7 Å². The molecular formula is C15H19ClN4OS. The second-order valence-corrected chi connectivity index (χ2v) is 6.82. The maximum atomic E-state index is 12.3. The Morgan fingerprint density at radius 3 is 2.73 bits per heavy atom. The number of hydrogen-bond acceptors (Lipinski definition) is 5.